The van der Waals surface area contributed by atoms with Crippen molar-refractivity contribution in [2.24, 2.45) is 5.92 Å². The maximum absolute atomic E-state index is 12.7. The second-order valence-electron chi connectivity index (χ2n) is 9.25. The summed E-state index contributed by atoms with van der Waals surface area (Å²) in [5, 5.41) is 13.2. The first-order valence-electron chi connectivity index (χ1n) is 11.7. The Labute approximate surface area is 189 Å². The Kier molecular flexibility index (Phi) is 5.96. The zero-order valence-electron chi connectivity index (χ0n) is 18.3. The molecule has 1 aromatic heterocycles. The summed E-state index contributed by atoms with van der Waals surface area (Å²) in [7, 11) is 0. The van der Waals surface area contributed by atoms with Gasteiger partial charge in [-0.1, -0.05) is 24.3 Å². The fraction of sp³-hybridized carbons (Fsp3) is 0.407. The van der Waals surface area contributed by atoms with Crippen molar-refractivity contribution in [3.05, 3.63) is 71.0 Å². The van der Waals surface area contributed by atoms with Crippen LogP contribution in [0, 0.1) is 17.2 Å². The molecule has 5 rings (SSSR count). The van der Waals surface area contributed by atoms with Crippen LogP contribution in [-0.2, 0) is 13.0 Å². The van der Waals surface area contributed by atoms with Crippen molar-refractivity contribution in [3.63, 3.8) is 0 Å². The number of carbonyl (C=O) groups excluding carboxylic acids is 1. The maximum Gasteiger partial charge on any atom is 0.255 e. The predicted molar refractivity (Wildman–Crippen MR) is 124 cm³/mol. The molecule has 0 atom stereocenters. The SMILES string of the molecule is N#Cc1ccc2c(c1)CCN(CCC1CCC(NC(=O)c3coc4ccccc34)CC1)C2. The van der Waals surface area contributed by atoms with Crippen LogP contribution in [0.15, 0.2) is 53.1 Å². The van der Waals surface area contributed by atoms with Gasteiger partial charge in [0.25, 0.3) is 5.91 Å². The highest BCUT2D eigenvalue weighted by atomic mass is 16.3. The van der Waals surface area contributed by atoms with Gasteiger partial charge >= 0.3 is 0 Å². The van der Waals surface area contributed by atoms with Crippen molar-refractivity contribution in [2.45, 2.75) is 51.1 Å². The summed E-state index contributed by atoms with van der Waals surface area (Å²) in [5.74, 6) is 0.713. The first-order chi connectivity index (χ1) is 15.7. The van der Waals surface area contributed by atoms with E-state index in [1.807, 2.05) is 30.3 Å². The number of fused-ring (bicyclic) bond motifs is 2. The zero-order chi connectivity index (χ0) is 21.9. The Morgan fingerprint density at radius 2 is 1.97 bits per heavy atom. The lowest BCUT2D eigenvalue weighted by Gasteiger charge is -2.33. The van der Waals surface area contributed by atoms with Crippen molar-refractivity contribution in [3.8, 4) is 6.07 Å². The maximum atomic E-state index is 12.7. The number of nitrogens with zero attached hydrogens (tertiary/aromatic N) is 2. The standard InChI is InChI=1S/C27H29N3O2/c28-16-20-5-8-22-17-30(14-12-21(22)15-20)13-11-19-6-9-23(10-7-19)29-27(31)25-18-32-26-4-2-1-3-24(25)26/h1-5,8,15,18-19,23H,6-7,9-14,17H2,(H,29,31). The quantitative estimate of drug-likeness (QED) is 0.619. The lowest BCUT2D eigenvalue weighted by atomic mass is 9.83. The van der Waals surface area contributed by atoms with Gasteiger partial charge in [0.15, 0.2) is 0 Å². The van der Waals surface area contributed by atoms with Crippen molar-refractivity contribution in [1.82, 2.24) is 10.2 Å². The molecule has 3 aromatic rings. The van der Waals surface area contributed by atoms with Crippen LogP contribution in [0.25, 0.3) is 11.0 Å². The molecule has 1 saturated carbocycles. The highest BCUT2D eigenvalue weighted by Crippen LogP contribution is 2.29. The average Bonchev–Trinajstić information content (AvgIpc) is 3.27. The van der Waals surface area contributed by atoms with Crippen molar-refractivity contribution >= 4 is 16.9 Å². The van der Waals surface area contributed by atoms with Crippen LogP contribution < -0.4 is 5.32 Å². The monoisotopic (exact) mass is 427 g/mol. The Hall–Kier alpha value is -3.10. The second-order valence-corrected chi connectivity index (χ2v) is 9.25. The number of amides is 1. The van der Waals surface area contributed by atoms with E-state index in [9.17, 15) is 4.79 Å². The third-order valence-corrected chi connectivity index (χ3v) is 7.19. The van der Waals surface area contributed by atoms with Gasteiger partial charge in [-0.05, 0) is 80.3 Å². The molecule has 5 heteroatoms. The number of hydrogen-bond donors (Lipinski definition) is 1. The minimum atomic E-state index is -0.0232. The molecule has 1 aliphatic carbocycles. The van der Waals surface area contributed by atoms with Gasteiger partial charge in [0.05, 0.1) is 17.2 Å². The van der Waals surface area contributed by atoms with Crippen LogP contribution in [0.2, 0.25) is 0 Å². The third kappa shape index (κ3) is 4.42. The summed E-state index contributed by atoms with van der Waals surface area (Å²) >= 11 is 0. The van der Waals surface area contributed by atoms with Crippen molar-refractivity contribution in [2.75, 3.05) is 13.1 Å². The second kappa shape index (κ2) is 9.18. The number of para-hydroxylation sites is 1. The van der Waals surface area contributed by atoms with Crippen molar-refractivity contribution < 1.29 is 9.21 Å². The molecule has 1 aliphatic heterocycles. The van der Waals surface area contributed by atoms with E-state index in [0.717, 1.165) is 61.3 Å². The molecule has 0 saturated heterocycles. The van der Waals surface area contributed by atoms with E-state index < -0.39 is 0 Å². The number of nitriles is 1. The van der Waals surface area contributed by atoms with Crippen LogP contribution in [-0.4, -0.2) is 29.9 Å². The molecular formula is C27H29N3O2. The molecule has 1 fully saturated rings. The van der Waals surface area contributed by atoms with Gasteiger partial charge in [0.2, 0.25) is 0 Å². The van der Waals surface area contributed by atoms with Gasteiger partial charge in [-0.3, -0.25) is 9.69 Å². The molecule has 0 bridgehead atoms. The lowest BCUT2D eigenvalue weighted by molar-refractivity contribution is 0.0920. The summed E-state index contributed by atoms with van der Waals surface area (Å²) < 4.78 is 5.52. The Bertz CT molecular complexity index is 1150. The Balaban J connectivity index is 1.08. The average molecular weight is 428 g/mol. The normalized spacial score (nSPS) is 21.1. The molecule has 2 aliphatic rings. The summed E-state index contributed by atoms with van der Waals surface area (Å²) in [5.41, 5.74) is 4.86. The molecule has 0 spiro atoms. The number of hydrogen-bond acceptors (Lipinski definition) is 4. The number of benzene rings is 2. The Morgan fingerprint density at radius 1 is 1.12 bits per heavy atom. The molecule has 2 heterocycles. The Morgan fingerprint density at radius 3 is 2.81 bits per heavy atom. The first kappa shape index (κ1) is 20.8. The van der Waals surface area contributed by atoms with E-state index in [4.69, 9.17) is 9.68 Å². The molecular weight excluding hydrogens is 398 g/mol. The highest BCUT2D eigenvalue weighted by molar-refractivity contribution is 6.05. The summed E-state index contributed by atoms with van der Waals surface area (Å²) in [6, 6.07) is 16.3. The molecule has 5 nitrogen and oxygen atoms in total. The summed E-state index contributed by atoms with van der Waals surface area (Å²) in [4.78, 5) is 15.3. The van der Waals surface area contributed by atoms with Gasteiger partial charge in [0, 0.05) is 24.5 Å². The third-order valence-electron chi connectivity index (χ3n) is 7.19. The van der Waals surface area contributed by atoms with Gasteiger partial charge < -0.3 is 9.73 Å². The minimum absolute atomic E-state index is 0.0232. The van der Waals surface area contributed by atoms with E-state index in [1.165, 1.54) is 30.4 Å². The van der Waals surface area contributed by atoms with Gasteiger partial charge in [0.1, 0.15) is 11.8 Å². The van der Waals surface area contributed by atoms with Crippen LogP contribution in [0.4, 0.5) is 0 Å². The predicted octanol–water partition coefficient (Wildman–Crippen LogP) is 5.04. The van der Waals surface area contributed by atoms with Gasteiger partial charge in [-0.15, -0.1) is 0 Å². The molecule has 1 N–H and O–H groups in total. The number of rotatable bonds is 5. The molecule has 2 aromatic carbocycles. The summed E-state index contributed by atoms with van der Waals surface area (Å²) in [6.07, 6.45) is 8.27. The van der Waals surface area contributed by atoms with Gasteiger partial charge in [-0.25, -0.2) is 0 Å². The number of furan rings is 1. The molecule has 164 valence electrons. The topological polar surface area (TPSA) is 69.3 Å². The van der Waals surface area contributed by atoms with E-state index in [1.54, 1.807) is 6.26 Å². The number of carbonyl (C=O) groups is 1. The van der Waals surface area contributed by atoms with Crippen LogP contribution >= 0.6 is 0 Å². The molecule has 0 radical (unpaired) electrons. The molecule has 32 heavy (non-hydrogen) atoms. The minimum Gasteiger partial charge on any atom is -0.463 e. The molecule has 0 unspecified atom stereocenters. The lowest BCUT2D eigenvalue weighted by Crippen LogP contribution is -2.38. The summed E-state index contributed by atoms with van der Waals surface area (Å²) in [6.45, 7) is 3.19. The number of nitrogens with one attached hydrogen (secondary N) is 1. The largest absolute Gasteiger partial charge is 0.463 e. The van der Waals surface area contributed by atoms with E-state index in [-0.39, 0.29) is 11.9 Å². The van der Waals surface area contributed by atoms with Crippen LogP contribution in [0.1, 0.15) is 59.2 Å². The van der Waals surface area contributed by atoms with E-state index in [2.05, 4.69) is 28.4 Å². The fourth-order valence-corrected chi connectivity index (χ4v) is 5.25. The van der Waals surface area contributed by atoms with E-state index >= 15 is 0 Å². The fourth-order valence-electron chi connectivity index (χ4n) is 5.25. The van der Waals surface area contributed by atoms with Crippen molar-refractivity contribution in [1.29, 1.82) is 5.26 Å². The first-order valence-corrected chi connectivity index (χ1v) is 11.7. The van der Waals surface area contributed by atoms with Crippen LogP contribution in [0.3, 0.4) is 0 Å². The van der Waals surface area contributed by atoms with Gasteiger partial charge in [-0.2, -0.15) is 5.26 Å². The van der Waals surface area contributed by atoms with E-state index in [0.29, 0.717) is 5.56 Å². The zero-order valence-corrected chi connectivity index (χ0v) is 18.3. The van der Waals surface area contributed by atoms with Crippen LogP contribution in [0.5, 0.6) is 0 Å². The highest BCUT2D eigenvalue weighted by Gasteiger charge is 2.25. The smallest absolute Gasteiger partial charge is 0.255 e. The molecule has 1 amide bonds.